The molecule has 0 amide bonds. The van der Waals surface area contributed by atoms with Gasteiger partial charge < -0.3 is 4.55 Å². The summed E-state index contributed by atoms with van der Waals surface area (Å²) < 4.78 is 15.5. The van der Waals surface area contributed by atoms with Gasteiger partial charge in [0, 0.05) is 0 Å². The fourth-order valence-electron chi connectivity index (χ4n) is 1.87. The van der Waals surface area contributed by atoms with E-state index in [0.717, 1.165) is 10.5 Å². The molecule has 0 aromatic heterocycles. The summed E-state index contributed by atoms with van der Waals surface area (Å²) in [5.74, 6) is 0. The van der Waals surface area contributed by atoms with Crippen LogP contribution in [0, 0.1) is 6.92 Å². The van der Waals surface area contributed by atoms with E-state index in [4.69, 9.17) is 0 Å². The lowest BCUT2D eigenvalue weighted by Crippen LogP contribution is -2.40. The highest BCUT2D eigenvalue weighted by atomic mass is 32.2. The highest BCUT2D eigenvalue weighted by molar-refractivity contribution is 7.89. The van der Waals surface area contributed by atoms with Gasteiger partial charge in [-0.2, -0.15) is 0 Å². The summed E-state index contributed by atoms with van der Waals surface area (Å²) in [6, 6.07) is 17.8. The third kappa shape index (κ3) is 3.60. The number of benzene rings is 2. The Balaban J connectivity index is 2.14. The number of hydrogen-bond acceptors (Lipinski definition) is 2. The molecule has 0 radical (unpaired) electrons. The lowest BCUT2D eigenvalue weighted by atomic mass is 9.96. The van der Waals surface area contributed by atoms with Crippen molar-refractivity contribution in [2.75, 3.05) is 0 Å². The number of hydrogen-bond donors (Lipinski definition) is 1. The Morgan fingerprint density at radius 2 is 1.53 bits per heavy atom. The molecule has 2 aromatic rings. The molecule has 0 fully saturated rings. The van der Waals surface area contributed by atoms with Gasteiger partial charge in [-0.05, 0) is 38.5 Å². The predicted molar refractivity (Wildman–Crippen MR) is 80.2 cm³/mol. The smallest absolute Gasteiger partial charge is 0.173 e. The van der Waals surface area contributed by atoms with Crippen molar-refractivity contribution in [3.8, 4) is 0 Å². The second kappa shape index (κ2) is 5.78. The lowest BCUT2D eigenvalue weighted by Gasteiger charge is -2.26. The number of aryl methyl sites for hydroxylation is 1. The zero-order chi connectivity index (χ0) is 13.9. The van der Waals surface area contributed by atoms with Crippen LogP contribution in [0.4, 0.5) is 0 Å². The van der Waals surface area contributed by atoms with E-state index < -0.39 is 11.4 Å². The van der Waals surface area contributed by atoms with Gasteiger partial charge in [0.15, 0.2) is 4.90 Å². The molecule has 0 aliphatic heterocycles. The summed E-state index contributed by atoms with van der Waals surface area (Å²) in [5.41, 5.74) is 1.95. The van der Waals surface area contributed by atoms with Gasteiger partial charge in [0.25, 0.3) is 0 Å². The van der Waals surface area contributed by atoms with E-state index in [9.17, 15) is 4.55 Å². The topological polar surface area (TPSA) is 35.1 Å². The average Bonchev–Trinajstić information content (AvgIpc) is 2.40. The van der Waals surface area contributed by atoms with Crippen molar-refractivity contribution in [1.82, 2.24) is 4.72 Å². The standard InChI is InChI=1S/C16H19NOS/c1-13-9-11-15(12-10-13)19(18)17-16(2,3)14-7-5-4-6-8-14/h4-12,17H,1-3H3. The lowest BCUT2D eigenvalue weighted by molar-refractivity contribution is 0.471. The molecule has 0 bridgehead atoms. The maximum Gasteiger partial charge on any atom is 0.173 e. The zero-order valence-electron chi connectivity index (χ0n) is 11.5. The van der Waals surface area contributed by atoms with Crippen molar-refractivity contribution in [3.63, 3.8) is 0 Å². The Labute approximate surface area is 118 Å². The predicted octanol–water partition coefficient (Wildman–Crippen LogP) is 3.54. The van der Waals surface area contributed by atoms with Gasteiger partial charge in [-0.25, -0.2) is 0 Å². The van der Waals surface area contributed by atoms with Gasteiger partial charge in [0.05, 0.1) is 16.9 Å². The molecule has 0 saturated carbocycles. The average molecular weight is 273 g/mol. The Morgan fingerprint density at radius 3 is 2.11 bits per heavy atom. The van der Waals surface area contributed by atoms with Crippen LogP contribution < -0.4 is 4.72 Å². The fourth-order valence-corrected chi connectivity index (χ4v) is 2.95. The summed E-state index contributed by atoms with van der Waals surface area (Å²) >= 11 is -1.21. The van der Waals surface area contributed by atoms with Crippen LogP contribution in [0.25, 0.3) is 0 Å². The van der Waals surface area contributed by atoms with Crippen LogP contribution in [0.1, 0.15) is 25.0 Å². The highest BCUT2D eigenvalue weighted by Gasteiger charge is 2.27. The van der Waals surface area contributed by atoms with E-state index in [2.05, 4.69) is 4.72 Å². The van der Waals surface area contributed by atoms with Gasteiger partial charge >= 0.3 is 0 Å². The summed E-state index contributed by atoms with van der Waals surface area (Å²) in [5, 5.41) is 0. The Hall–Kier alpha value is -1.29. The first kappa shape index (κ1) is 14.1. The van der Waals surface area contributed by atoms with Crippen LogP contribution in [-0.2, 0) is 16.9 Å². The van der Waals surface area contributed by atoms with Crippen LogP contribution in [-0.4, -0.2) is 4.55 Å². The van der Waals surface area contributed by atoms with Gasteiger partial charge in [-0.15, -0.1) is 4.72 Å². The number of rotatable bonds is 4. The third-order valence-electron chi connectivity index (χ3n) is 3.08. The molecule has 0 spiro atoms. The van der Waals surface area contributed by atoms with Crippen LogP contribution in [0.2, 0.25) is 0 Å². The molecule has 0 saturated heterocycles. The van der Waals surface area contributed by atoms with Crippen molar-refractivity contribution >= 4 is 11.4 Å². The molecular weight excluding hydrogens is 254 g/mol. The van der Waals surface area contributed by atoms with Crippen molar-refractivity contribution in [2.24, 2.45) is 0 Å². The molecule has 2 rings (SSSR count). The van der Waals surface area contributed by atoms with Crippen molar-refractivity contribution < 1.29 is 4.55 Å². The Morgan fingerprint density at radius 1 is 0.947 bits per heavy atom. The molecule has 3 heteroatoms. The Bertz CT molecular complexity index is 522. The van der Waals surface area contributed by atoms with Crippen molar-refractivity contribution in [1.29, 1.82) is 0 Å². The minimum Gasteiger partial charge on any atom is -0.593 e. The molecule has 2 nitrogen and oxygen atoms in total. The van der Waals surface area contributed by atoms with Crippen molar-refractivity contribution in [2.45, 2.75) is 31.2 Å². The Kier molecular flexibility index (Phi) is 4.30. The molecule has 1 atom stereocenters. The van der Waals surface area contributed by atoms with Gasteiger partial charge in [-0.1, -0.05) is 48.0 Å². The second-order valence-electron chi connectivity index (χ2n) is 5.17. The summed E-state index contributed by atoms with van der Waals surface area (Å²) in [7, 11) is 0. The summed E-state index contributed by atoms with van der Waals surface area (Å²) in [4.78, 5) is 0.801. The van der Waals surface area contributed by atoms with E-state index in [-0.39, 0.29) is 5.54 Å². The minimum absolute atomic E-state index is 0.336. The van der Waals surface area contributed by atoms with Crippen LogP contribution in [0.5, 0.6) is 0 Å². The van der Waals surface area contributed by atoms with Crippen LogP contribution in [0.3, 0.4) is 0 Å². The summed E-state index contributed by atoms with van der Waals surface area (Å²) in [6.07, 6.45) is 0. The molecule has 0 heterocycles. The van der Waals surface area contributed by atoms with E-state index in [1.54, 1.807) is 0 Å². The van der Waals surface area contributed by atoms with Gasteiger partial charge in [0.1, 0.15) is 0 Å². The maximum absolute atomic E-state index is 12.3. The quantitative estimate of drug-likeness (QED) is 0.865. The van der Waals surface area contributed by atoms with E-state index in [0.29, 0.717) is 0 Å². The monoisotopic (exact) mass is 273 g/mol. The molecule has 0 aliphatic rings. The maximum atomic E-state index is 12.3. The van der Waals surface area contributed by atoms with E-state index >= 15 is 0 Å². The molecule has 100 valence electrons. The summed E-state index contributed by atoms with van der Waals surface area (Å²) in [6.45, 7) is 6.09. The molecule has 19 heavy (non-hydrogen) atoms. The van der Waals surface area contributed by atoms with Crippen LogP contribution >= 0.6 is 0 Å². The molecule has 1 N–H and O–H groups in total. The SMILES string of the molecule is Cc1ccc([S+]([O-])NC(C)(C)c2ccccc2)cc1. The normalized spacial score (nSPS) is 13.3. The third-order valence-corrected chi connectivity index (χ3v) is 4.47. The molecule has 1 unspecified atom stereocenters. The largest absolute Gasteiger partial charge is 0.593 e. The van der Waals surface area contributed by atoms with Gasteiger partial charge in [0.2, 0.25) is 0 Å². The fraction of sp³-hybridized carbons (Fsp3) is 0.250. The second-order valence-corrected chi connectivity index (χ2v) is 6.39. The zero-order valence-corrected chi connectivity index (χ0v) is 12.3. The minimum atomic E-state index is -1.21. The first-order chi connectivity index (χ1) is 8.99. The number of nitrogens with one attached hydrogen (secondary N) is 1. The van der Waals surface area contributed by atoms with E-state index in [1.165, 1.54) is 5.56 Å². The molecular formula is C16H19NOS. The molecule has 2 aromatic carbocycles. The first-order valence-corrected chi connectivity index (χ1v) is 7.46. The molecule has 0 aliphatic carbocycles. The van der Waals surface area contributed by atoms with Gasteiger partial charge in [-0.3, -0.25) is 0 Å². The van der Waals surface area contributed by atoms with E-state index in [1.807, 2.05) is 75.4 Å². The van der Waals surface area contributed by atoms with Crippen LogP contribution in [0.15, 0.2) is 59.5 Å². The van der Waals surface area contributed by atoms with Crippen molar-refractivity contribution in [3.05, 3.63) is 65.7 Å². The first-order valence-electron chi connectivity index (χ1n) is 6.31. The highest BCUT2D eigenvalue weighted by Crippen LogP contribution is 2.22.